The van der Waals surface area contributed by atoms with Gasteiger partial charge in [0.2, 0.25) is 5.91 Å². The first-order chi connectivity index (χ1) is 18.2. The summed E-state index contributed by atoms with van der Waals surface area (Å²) < 4.78 is 47.9. The van der Waals surface area contributed by atoms with Gasteiger partial charge in [-0.25, -0.2) is 23.1 Å². The summed E-state index contributed by atoms with van der Waals surface area (Å²) in [7, 11) is 0. The minimum Gasteiger partial charge on any atom is -0.493 e. The number of carbonyl (C=O) groups is 2. The molecule has 0 saturated heterocycles. The van der Waals surface area contributed by atoms with E-state index in [1.807, 2.05) is 0 Å². The first-order valence-electron chi connectivity index (χ1n) is 12.8. The number of nitrogens with zero attached hydrogens (tertiary/aromatic N) is 2. The number of amides is 2. The Bertz CT molecular complexity index is 1360. The summed E-state index contributed by atoms with van der Waals surface area (Å²) in [5.74, 6) is 0.180. The fourth-order valence-corrected chi connectivity index (χ4v) is 5.03. The number of H-pyrrole nitrogens is 1. The average Bonchev–Trinajstić information content (AvgIpc) is 3.63. The van der Waals surface area contributed by atoms with E-state index in [0.29, 0.717) is 59.1 Å². The summed E-state index contributed by atoms with van der Waals surface area (Å²) >= 11 is 0. The van der Waals surface area contributed by atoms with Crippen molar-refractivity contribution in [1.82, 2.24) is 25.6 Å². The van der Waals surface area contributed by atoms with Crippen molar-refractivity contribution in [3.63, 3.8) is 0 Å². The largest absolute Gasteiger partial charge is 0.493 e. The van der Waals surface area contributed by atoms with Gasteiger partial charge in [0.15, 0.2) is 0 Å². The van der Waals surface area contributed by atoms with E-state index >= 15 is 0 Å². The zero-order valence-electron chi connectivity index (χ0n) is 21.2. The van der Waals surface area contributed by atoms with Crippen LogP contribution in [0.1, 0.15) is 67.1 Å². The fourth-order valence-electron chi connectivity index (χ4n) is 5.03. The molecule has 3 atom stereocenters. The van der Waals surface area contributed by atoms with Crippen LogP contribution in [0.5, 0.6) is 5.75 Å². The average molecular weight is 530 g/mol. The number of aromatic amines is 1. The Morgan fingerprint density at radius 1 is 1.16 bits per heavy atom. The van der Waals surface area contributed by atoms with E-state index < -0.39 is 24.5 Å². The molecular formula is C27H30F3N5O3. The van der Waals surface area contributed by atoms with E-state index in [-0.39, 0.29) is 29.5 Å². The smallest absolute Gasteiger partial charge is 0.263 e. The van der Waals surface area contributed by atoms with E-state index in [2.05, 4.69) is 25.6 Å². The Morgan fingerprint density at radius 3 is 2.63 bits per heavy atom. The summed E-state index contributed by atoms with van der Waals surface area (Å²) in [6, 6.07) is 3.24. The molecule has 0 radical (unpaired) electrons. The van der Waals surface area contributed by atoms with Crippen molar-refractivity contribution in [2.75, 3.05) is 6.61 Å². The second-order valence-corrected chi connectivity index (χ2v) is 10.2. The van der Waals surface area contributed by atoms with E-state index in [1.165, 1.54) is 31.5 Å². The van der Waals surface area contributed by atoms with Gasteiger partial charge >= 0.3 is 0 Å². The predicted molar refractivity (Wildman–Crippen MR) is 135 cm³/mol. The number of carbonyl (C=O) groups excluding carboxylic acids is 2. The third-order valence-electron chi connectivity index (χ3n) is 7.18. The van der Waals surface area contributed by atoms with Crippen molar-refractivity contribution < 1.29 is 27.5 Å². The molecule has 1 aromatic carbocycles. The Hall–Kier alpha value is -3.63. The highest BCUT2D eigenvalue weighted by molar-refractivity contribution is 6.09. The maximum atomic E-state index is 14.9. The molecule has 3 aromatic rings. The van der Waals surface area contributed by atoms with Crippen LogP contribution < -0.4 is 15.4 Å². The molecule has 3 unspecified atom stereocenters. The van der Waals surface area contributed by atoms with Crippen LogP contribution in [-0.4, -0.2) is 51.6 Å². The number of benzene rings is 1. The number of hydrogen-bond donors (Lipinski definition) is 3. The molecule has 2 fully saturated rings. The van der Waals surface area contributed by atoms with Crippen LogP contribution >= 0.6 is 0 Å². The number of nitrogens with one attached hydrogen (secondary N) is 3. The highest BCUT2D eigenvalue weighted by atomic mass is 19.3. The van der Waals surface area contributed by atoms with Crippen LogP contribution in [0.4, 0.5) is 13.2 Å². The quantitative estimate of drug-likeness (QED) is 0.389. The lowest BCUT2D eigenvalue weighted by molar-refractivity contribution is -0.120. The maximum Gasteiger partial charge on any atom is 0.263 e. The Kier molecular flexibility index (Phi) is 7.27. The zero-order chi connectivity index (χ0) is 27.0. The van der Waals surface area contributed by atoms with Crippen molar-refractivity contribution >= 4 is 22.8 Å². The van der Waals surface area contributed by atoms with Gasteiger partial charge in [-0.1, -0.05) is 0 Å². The molecule has 2 amide bonds. The van der Waals surface area contributed by atoms with Crippen molar-refractivity contribution in [2.45, 2.75) is 70.6 Å². The van der Waals surface area contributed by atoms with Crippen LogP contribution in [0.2, 0.25) is 0 Å². The molecule has 5 rings (SSSR count). The number of ether oxygens (including phenoxy) is 1. The topological polar surface area (TPSA) is 109 Å². The van der Waals surface area contributed by atoms with Crippen molar-refractivity contribution in [3.8, 4) is 17.0 Å². The van der Waals surface area contributed by atoms with E-state index in [0.717, 1.165) is 12.8 Å². The third-order valence-corrected chi connectivity index (χ3v) is 7.18. The second kappa shape index (κ2) is 10.6. The number of rotatable bonds is 8. The van der Waals surface area contributed by atoms with Crippen molar-refractivity contribution in [1.29, 1.82) is 0 Å². The summed E-state index contributed by atoms with van der Waals surface area (Å²) in [4.78, 5) is 36.4. The molecule has 3 N–H and O–H groups in total. The lowest BCUT2D eigenvalue weighted by Crippen LogP contribution is -2.49. The monoisotopic (exact) mass is 529 g/mol. The molecule has 8 nitrogen and oxygen atoms in total. The number of halogens is 3. The number of alkyl halides is 3. The number of hydrogen-bond acceptors (Lipinski definition) is 5. The summed E-state index contributed by atoms with van der Waals surface area (Å²) in [5.41, 5.74) is 1.99. The molecule has 202 valence electrons. The molecule has 0 aliphatic heterocycles. The molecule has 11 heteroatoms. The minimum absolute atomic E-state index is 0.119. The van der Waals surface area contributed by atoms with Crippen molar-refractivity contribution in [2.24, 2.45) is 5.92 Å². The van der Waals surface area contributed by atoms with Gasteiger partial charge in [0.05, 0.1) is 23.7 Å². The SMILES string of the molecule is CC(=O)NC1CCC(NC(=O)c2c(C)[nH]c3c(-c4cc(C(F)F)ccc4OCC4CC4)ncnc23)C(F)C1. The summed E-state index contributed by atoms with van der Waals surface area (Å²) in [6.07, 6.45) is 0.478. The van der Waals surface area contributed by atoms with Crippen LogP contribution in [0.15, 0.2) is 24.5 Å². The fraction of sp³-hybridized carbons (Fsp3) is 0.481. The van der Waals surface area contributed by atoms with Gasteiger partial charge in [0, 0.05) is 36.2 Å². The third kappa shape index (κ3) is 5.46. The summed E-state index contributed by atoms with van der Waals surface area (Å²) in [6.45, 7) is 3.57. The number of aryl methyl sites for hydroxylation is 1. The summed E-state index contributed by atoms with van der Waals surface area (Å²) in [5, 5.41) is 5.51. The highest BCUT2D eigenvalue weighted by Gasteiger charge is 2.33. The van der Waals surface area contributed by atoms with E-state index in [9.17, 15) is 22.8 Å². The Balaban J connectivity index is 1.44. The number of fused-ring (bicyclic) bond motifs is 1. The van der Waals surface area contributed by atoms with Gasteiger partial charge in [0.25, 0.3) is 12.3 Å². The van der Waals surface area contributed by atoms with E-state index in [1.54, 1.807) is 6.92 Å². The lowest BCUT2D eigenvalue weighted by atomic mass is 9.89. The van der Waals surface area contributed by atoms with Crippen LogP contribution in [0, 0.1) is 12.8 Å². The first kappa shape index (κ1) is 26.0. The van der Waals surface area contributed by atoms with Gasteiger partial charge in [-0.05, 0) is 56.7 Å². The van der Waals surface area contributed by atoms with Gasteiger partial charge in [-0.2, -0.15) is 0 Å². The van der Waals surface area contributed by atoms with Gasteiger partial charge in [0.1, 0.15) is 29.5 Å². The number of aromatic nitrogens is 3. The molecule has 0 spiro atoms. The van der Waals surface area contributed by atoms with Gasteiger partial charge in [-0.3, -0.25) is 9.59 Å². The van der Waals surface area contributed by atoms with E-state index in [4.69, 9.17) is 4.74 Å². The highest BCUT2D eigenvalue weighted by Crippen LogP contribution is 2.38. The van der Waals surface area contributed by atoms with Crippen LogP contribution in [0.3, 0.4) is 0 Å². The molecule has 0 bridgehead atoms. The standard InChI is InChI=1S/C27H30F3N5O3/c1-13-22(27(37)35-20-7-6-17(10-19(20)28)34-14(2)36)24-25(33-13)23(31-12-32-24)18-9-16(26(29)30)5-8-21(18)38-11-15-3-4-15/h5,8-9,12,15,17,19-20,26,33H,3-4,6-7,10-11H2,1-2H3,(H,34,36)(H,35,37). The minimum atomic E-state index is -2.68. The van der Waals surface area contributed by atoms with Gasteiger partial charge in [-0.15, -0.1) is 0 Å². The molecule has 38 heavy (non-hydrogen) atoms. The molecule has 2 aliphatic carbocycles. The maximum absolute atomic E-state index is 14.9. The van der Waals surface area contributed by atoms with Crippen LogP contribution in [0.25, 0.3) is 22.3 Å². The Morgan fingerprint density at radius 2 is 1.95 bits per heavy atom. The molecule has 2 heterocycles. The molecule has 2 aliphatic rings. The van der Waals surface area contributed by atoms with Crippen LogP contribution in [-0.2, 0) is 4.79 Å². The second-order valence-electron chi connectivity index (χ2n) is 10.2. The zero-order valence-corrected chi connectivity index (χ0v) is 21.2. The Labute approximate surface area is 217 Å². The predicted octanol–water partition coefficient (Wildman–Crippen LogP) is 4.78. The molecule has 2 saturated carbocycles. The normalized spacial score (nSPS) is 21.5. The molecular weight excluding hydrogens is 499 g/mol. The molecule has 2 aromatic heterocycles. The van der Waals surface area contributed by atoms with Crippen molar-refractivity contribution in [3.05, 3.63) is 41.3 Å². The lowest BCUT2D eigenvalue weighted by Gasteiger charge is -2.32. The van der Waals surface area contributed by atoms with Gasteiger partial charge < -0.3 is 20.4 Å². The first-order valence-corrected chi connectivity index (χ1v) is 12.8.